The number of hydrogen-bond acceptors (Lipinski definition) is 4. The van der Waals surface area contributed by atoms with Crippen LogP contribution in [0, 0.1) is 0 Å². The zero-order valence-corrected chi connectivity index (χ0v) is 7.63. The van der Waals surface area contributed by atoms with Gasteiger partial charge in [-0.2, -0.15) is 0 Å². The van der Waals surface area contributed by atoms with E-state index in [4.69, 9.17) is 5.73 Å². The molecule has 0 aliphatic heterocycles. The van der Waals surface area contributed by atoms with Crippen molar-refractivity contribution in [1.82, 2.24) is 5.32 Å². The largest absolute Gasteiger partial charge is 0.369 e. The third kappa shape index (κ3) is 7.14. The maximum Gasteiger partial charge on any atom is 0.224 e. The number of amides is 1. The van der Waals surface area contributed by atoms with Crippen LogP contribution in [-0.2, 0) is 14.4 Å². The summed E-state index contributed by atoms with van der Waals surface area (Å²) in [6.07, 6.45) is 0.171. The normalized spacial score (nSPS) is 9.62. The fraction of sp³-hybridized carbons (Fsp3) is 0.625. The van der Waals surface area contributed by atoms with Crippen molar-refractivity contribution in [3.05, 3.63) is 0 Å². The van der Waals surface area contributed by atoms with E-state index in [-0.39, 0.29) is 31.1 Å². The Morgan fingerprint density at radius 3 is 2.15 bits per heavy atom. The molecule has 5 nitrogen and oxygen atoms in total. The summed E-state index contributed by atoms with van der Waals surface area (Å²) < 4.78 is 0. The molecule has 0 heterocycles. The molecule has 3 N–H and O–H groups in total. The summed E-state index contributed by atoms with van der Waals surface area (Å²) in [6, 6.07) is 0. The first kappa shape index (κ1) is 11.8. The predicted molar refractivity (Wildman–Crippen MR) is 47.0 cm³/mol. The van der Waals surface area contributed by atoms with Gasteiger partial charge in [0, 0.05) is 6.42 Å². The number of hydrogen-bond donors (Lipinski definition) is 2. The minimum absolute atomic E-state index is 0.0225. The van der Waals surface area contributed by atoms with Gasteiger partial charge < -0.3 is 11.1 Å². The van der Waals surface area contributed by atoms with E-state index in [1.54, 1.807) is 6.92 Å². The Balaban J connectivity index is 3.48. The van der Waals surface area contributed by atoms with Crippen LogP contribution in [0.25, 0.3) is 0 Å². The van der Waals surface area contributed by atoms with Gasteiger partial charge in [-0.15, -0.1) is 0 Å². The van der Waals surface area contributed by atoms with Gasteiger partial charge in [0.25, 0.3) is 0 Å². The average Bonchev–Trinajstić information content (AvgIpc) is 2.02. The first-order chi connectivity index (χ1) is 6.06. The molecule has 0 unspecified atom stereocenters. The molecule has 0 atom stereocenters. The second-order valence-corrected chi connectivity index (χ2v) is 2.68. The Morgan fingerprint density at radius 2 is 1.69 bits per heavy atom. The standard InChI is InChI=1S/C8H14N2O3/c1-2-6(11)4-10-5-7(12)3-8(9)13/h10H,2-5H2,1H3,(H2,9,13). The van der Waals surface area contributed by atoms with Gasteiger partial charge in [0.2, 0.25) is 5.91 Å². The van der Waals surface area contributed by atoms with Gasteiger partial charge in [0.15, 0.2) is 5.78 Å². The summed E-state index contributed by atoms with van der Waals surface area (Å²) in [6.45, 7) is 1.94. The molecule has 0 bridgehead atoms. The number of nitrogens with two attached hydrogens (primary N) is 1. The van der Waals surface area contributed by atoms with Crippen molar-refractivity contribution in [3.8, 4) is 0 Å². The van der Waals surface area contributed by atoms with Crippen LogP contribution in [0.5, 0.6) is 0 Å². The summed E-state index contributed by atoms with van der Waals surface area (Å²) in [5.74, 6) is -0.906. The molecule has 0 aliphatic carbocycles. The third-order valence-corrected chi connectivity index (χ3v) is 1.41. The number of Topliss-reactive ketones (excluding diaryl/α,β-unsaturated/α-hetero) is 2. The highest BCUT2D eigenvalue weighted by atomic mass is 16.2. The smallest absolute Gasteiger partial charge is 0.224 e. The highest BCUT2D eigenvalue weighted by Gasteiger charge is 2.05. The van der Waals surface area contributed by atoms with Crippen molar-refractivity contribution >= 4 is 17.5 Å². The van der Waals surface area contributed by atoms with Crippen LogP contribution >= 0.6 is 0 Å². The van der Waals surface area contributed by atoms with E-state index in [0.717, 1.165) is 0 Å². The topological polar surface area (TPSA) is 89.3 Å². The summed E-state index contributed by atoms with van der Waals surface area (Å²) in [7, 11) is 0. The molecule has 0 aliphatic rings. The van der Waals surface area contributed by atoms with Crippen LogP contribution in [0.15, 0.2) is 0 Å². The molecular weight excluding hydrogens is 172 g/mol. The number of ketones is 2. The number of nitrogens with one attached hydrogen (secondary N) is 1. The summed E-state index contributed by atoms with van der Waals surface area (Å²) >= 11 is 0. The van der Waals surface area contributed by atoms with Crippen molar-refractivity contribution in [3.63, 3.8) is 0 Å². The van der Waals surface area contributed by atoms with Crippen LogP contribution in [0.4, 0.5) is 0 Å². The maximum absolute atomic E-state index is 10.8. The van der Waals surface area contributed by atoms with Gasteiger partial charge in [-0.25, -0.2) is 0 Å². The number of carbonyl (C=O) groups is 3. The first-order valence-corrected chi connectivity index (χ1v) is 4.08. The Labute approximate surface area is 76.7 Å². The minimum atomic E-state index is -0.645. The van der Waals surface area contributed by atoms with E-state index in [1.807, 2.05) is 0 Å². The van der Waals surface area contributed by atoms with Crippen molar-refractivity contribution in [2.24, 2.45) is 5.73 Å². The van der Waals surface area contributed by atoms with Crippen LogP contribution in [0.2, 0.25) is 0 Å². The first-order valence-electron chi connectivity index (χ1n) is 4.08. The third-order valence-electron chi connectivity index (χ3n) is 1.41. The zero-order chi connectivity index (χ0) is 10.3. The lowest BCUT2D eigenvalue weighted by Crippen LogP contribution is -2.30. The van der Waals surface area contributed by atoms with Crippen molar-refractivity contribution in [2.45, 2.75) is 19.8 Å². The van der Waals surface area contributed by atoms with Gasteiger partial charge in [-0.3, -0.25) is 14.4 Å². The molecule has 0 aromatic rings. The van der Waals surface area contributed by atoms with Crippen LogP contribution in [0.3, 0.4) is 0 Å². The van der Waals surface area contributed by atoms with Gasteiger partial charge in [-0.05, 0) is 0 Å². The molecule has 13 heavy (non-hydrogen) atoms. The molecule has 0 aromatic heterocycles. The summed E-state index contributed by atoms with van der Waals surface area (Å²) in [4.78, 5) is 31.9. The molecule has 0 saturated heterocycles. The van der Waals surface area contributed by atoms with E-state index >= 15 is 0 Å². The monoisotopic (exact) mass is 186 g/mol. The van der Waals surface area contributed by atoms with Gasteiger partial charge in [-0.1, -0.05) is 6.92 Å². The second kappa shape index (κ2) is 6.30. The Bertz CT molecular complexity index is 213. The van der Waals surface area contributed by atoms with Crippen LogP contribution in [0.1, 0.15) is 19.8 Å². The number of primary amides is 1. The fourth-order valence-corrected chi connectivity index (χ4v) is 0.723. The molecule has 0 rings (SSSR count). The molecule has 74 valence electrons. The molecule has 1 amide bonds. The van der Waals surface area contributed by atoms with Gasteiger partial charge in [0.05, 0.1) is 19.5 Å². The van der Waals surface area contributed by atoms with E-state index in [1.165, 1.54) is 0 Å². The number of carbonyl (C=O) groups excluding carboxylic acids is 3. The SMILES string of the molecule is CCC(=O)CNCC(=O)CC(N)=O. The van der Waals surface area contributed by atoms with Crippen molar-refractivity contribution < 1.29 is 14.4 Å². The highest BCUT2D eigenvalue weighted by Crippen LogP contribution is 1.81. The number of rotatable bonds is 7. The van der Waals surface area contributed by atoms with Crippen molar-refractivity contribution in [2.75, 3.05) is 13.1 Å². The van der Waals surface area contributed by atoms with E-state index in [0.29, 0.717) is 6.42 Å². The Kier molecular flexibility index (Phi) is 5.71. The molecule has 0 fully saturated rings. The lowest BCUT2D eigenvalue weighted by molar-refractivity contribution is -0.125. The Morgan fingerprint density at radius 1 is 1.15 bits per heavy atom. The van der Waals surface area contributed by atoms with E-state index in [2.05, 4.69) is 5.32 Å². The minimum Gasteiger partial charge on any atom is -0.369 e. The lowest BCUT2D eigenvalue weighted by Gasteiger charge is -2.00. The van der Waals surface area contributed by atoms with Crippen molar-refractivity contribution in [1.29, 1.82) is 0 Å². The second-order valence-electron chi connectivity index (χ2n) is 2.68. The van der Waals surface area contributed by atoms with Crippen LogP contribution in [-0.4, -0.2) is 30.6 Å². The molecule has 0 aromatic carbocycles. The van der Waals surface area contributed by atoms with Crippen LogP contribution < -0.4 is 11.1 Å². The summed E-state index contributed by atoms with van der Waals surface area (Å²) in [5.41, 5.74) is 4.80. The van der Waals surface area contributed by atoms with Gasteiger partial charge >= 0.3 is 0 Å². The average molecular weight is 186 g/mol. The molecule has 0 saturated carbocycles. The predicted octanol–water partition coefficient (Wildman–Crippen LogP) is -1.00. The molecule has 0 spiro atoms. The molecule has 0 radical (unpaired) electrons. The quantitative estimate of drug-likeness (QED) is 0.499. The Hall–Kier alpha value is -1.23. The molecule has 5 heteroatoms. The zero-order valence-electron chi connectivity index (χ0n) is 7.63. The maximum atomic E-state index is 10.8. The van der Waals surface area contributed by atoms with Gasteiger partial charge in [0.1, 0.15) is 5.78 Å². The summed E-state index contributed by atoms with van der Waals surface area (Å²) in [5, 5.41) is 2.63. The highest BCUT2D eigenvalue weighted by molar-refractivity contribution is 5.98. The van der Waals surface area contributed by atoms with E-state index in [9.17, 15) is 14.4 Å². The fourth-order valence-electron chi connectivity index (χ4n) is 0.723. The van der Waals surface area contributed by atoms with E-state index < -0.39 is 5.91 Å². The molecular formula is C8H14N2O3. The lowest BCUT2D eigenvalue weighted by atomic mass is 10.2.